The maximum atomic E-state index is 12.0. The largest absolute Gasteiger partial charge is 0.493 e. The van der Waals surface area contributed by atoms with E-state index in [2.05, 4.69) is 5.32 Å². The summed E-state index contributed by atoms with van der Waals surface area (Å²) in [6, 6.07) is 13.1. The zero-order chi connectivity index (χ0) is 18.9. The zero-order valence-electron chi connectivity index (χ0n) is 15.2. The van der Waals surface area contributed by atoms with Gasteiger partial charge in [0, 0.05) is 17.3 Å². The summed E-state index contributed by atoms with van der Waals surface area (Å²) < 4.78 is 10.5. The highest BCUT2D eigenvalue weighted by molar-refractivity contribution is 5.95. The van der Waals surface area contributed by atoms with Crippen LogP contribution in [0, 0.1) is 13.8 Å². The van der Waals surface area contributed by atoms with Gasteiger partial charge in [-0.15, -0.1) is 0 Å². The number of ether oxygens (including phenoxy) is 2. The fourth-order valence-electron chi connectivity index (χ4n) is 2.30. The summed E-state index contributed by atoms with van der Waals surface area (Å²) in [5.74, 6) is -0.283. The van der Waals surface area contributed by atoms with Crippen molar-refractivity contribution in [3.8, 4) is 5.75 Å². The van der Waals surface area contributed by atoms with Crippen LogP contribution < -0.4 is 10.1 Å². The van der Waals surface area contributed by atoms with E-state index in [0.29, 0.717) is 18.0 Å². The van der Waals surface area contributed by atoms with Crippen molar-refractivity contribution < 1.29 is 19.1 Å². The number of anilines is 1. The average molecular weight is 353 g/mol. The molecule has 0 saturated heterocycles. The molecule has 0 heterocycles. The highest BCUT2D eigenvalue weighted by atomic mass is 16.5. The van der Waals surface area contributed by atoms with E-state index in [-0.39, 0.29) is 12.5 Å². The lowest BCUT2D eigenvalue weighted by molar-refractivity contribution is -0.142. The van der Waals surface area contributed by atoms with E-state index in [1.54, 1.807) is 6.08 Å². The van der Waals surface area contributed by atoms with Crippen molar-refractivity contribution in [2.45, 2.75) is 20.8 Å². The van der Waals surface area contributed by atoms with E-state index in [1.807, 2.05) is 63.2 Å². The van der Waals surface area contributed by atoms with Crippen LogP contribution in [0.1, 0.15) is 23.6 Å². The fourth-order valence-corrected chi connectivity index (χ4v) is 2.30. The Morgan fingerprint density at radius 3 is 2.65 bits per heavy atom. The Bertz CT molecular complexity index is 811. The number of aryl methyl sites for hydroxylation is 2. The standard InChI is InChI=1S/C21H23NO4/c1-4-25-19-8-6-5-7-17(19)11-12-21(24)26-14-20(23)22-18-13-15(2)9-10-16(18)3/h5-13H,4,14H2,1-3H3,(H,22,23)/b12-11+. The summed E-state index contributed by atoms with van der Waals surface area (Å²) in [6.45, 7) is 5.93. The molecule has 0 aromatic heterocycles. The molecule has 26 heavy (non-hydrogen) atoms. The number of amides is 1. The van der Waals surface area contributed by atoms with Crippen molar-refractivity contribution in [2.75, 3.05) is 18.5 Å². The maximum absolute atomic E-state index is 12.0. The Morgan fingerprint density at radius 2 is 1.88 bits per heavy atom. The Hall–Kier alpha value is -3.08. The summed E-state index contributed by atoms with van der Waals surface area (Å²) in [5.41, 5.74) is 3.47. The number of carbonyl (C=O) groups excluding carboxylic acids is 2. The Morgan fingerprint density at radius 1 is 1.12 bits per heavy atom. The predicted octanol–water partition coefficient (Wildman–Crippen LogP) is 3.90. The first-order valence-electron chi connectivity index (χ1n) is 8.43. The molecule has 0 saturated carbocycles. The number of carbonyl (C=O) groups is 2. The van der Waals surface area contributed by atoms with Crippen LogP contribution in [-0.4, -0.2) is 25.1 Å². The zero-order valence-corrected chi connectivity index (χ0v) is 15.2. The van der Waals surface area contributed by atoms with Gasteiger partial charge in [0.2, 0.25) is 0 Å². The van der Waals surface area contributed by atoms with E-state index in [0.717, 1.165) is 16.7 Å². The summed E-state index contributed by atoms with van der Waals surface area (Å²) in [4.78, 5) is 23.8. The minimum absolute atomic E-state index is 0.344. The Labute approximate surface area is 153 Å². The van der Waals surface area contributed by atoms with Gasteiger partial charge in [-0.2, -0.15) is 0 Å². The maximum Gasteiger partial charge on any atom is 0.331 e. The second kappa shape index (κ2) is 9.42. The summed E-state index contributed by atoms with van der Waals surface area (Å²) >= 11 is 0. The monoisotopic (exact) mass is 353 g/mol. The first-order chi connectivity index (χ1) is 12.5. The van der Waals surface area contributed by atoms with Crippen LogP contribution in [-0.2, 0) is 14.3 Å². The molecule has 0 fully saturated rings. The van der Waals surface area contributed by atoms with E-state index in [9.17, 15) is 9.59 Å². The first-order valence-corrected chi connectivity index (χ1v) is 8.43. The summed E-state index contributed by atoms with van der Waals surface area (Å²) in [6.07, 6.45) is 2.89. The molecule has 136 valence electrons. The molecule has 0 aliphatic carbocycles. The molecule has 5 heteroatoms. The minimum atomic E-state index is -0.590. The van der Waals surface area contributed by atoms with Crippen molar-refractivity contribution in [2.24, 2.45) is 0 Å². The average Bonchev–Trinajstić information content (AvgIpc) is 2.62. The van der Waals surface area contributed by atoms with E-state index in [1.165, 1.54) is 6.08 Å². The highest BCUT2D eigenvalue weighted by Gasteiger charge is 2.08. The van der Waals surface area contributed by atoms with Crippen molar-refractivity contribution >= 4 is 23.6 Å². The lowest BCUT2D eigenvalue weighted by Crippen LogP contribution is -2.20. The topological polar surface area (TPSA) is 64.6 Å². The molecule has 5 nitrogen and oxygen atoms in total. The molecule has 0 spiro atoms. The van der Waals surface area contributed by atoms with Gasteiger partial charge in [0.15, 0.2) is 6.61 Å². The number of rotatable bonds is 7. The highest BCUT2D eigenvalue weighted by Crippen LogP contribution is 2.19. The third-order valence-electron chi connectivity index (χ3n) is 3.63. The Balaban J connectivity index is 1.88. The van der Waals surface area contributed by atoms with Gasteiger partial charge in [0.1, 0.15) is 5.75 Å². The molecular weight excluding hydrogens is 330 g/mol. The minimum Gasteiger partial charge on any atom is -0.493 e. The van der Waals surface area contributed by atoms with Crippen LogP contribution >= 0.6 is 0 Å². The van der Waals surface area contributed by atoms with Gasteiger partial charge in [0.05, 0.1) is 6.61 Å². The van der Waals surface area contributed by atoms with Crippen LogP contribution in [0.3, 0.4) is 0 Å². The molecule has 0 aliphatic heterocycles. The number of esters is 1. The molecule has 2 rings (SSSR count). The van der Waals surface area contributed by atoms with Crippen LogP contribution in [0.15, 0.2) is 48.5 Å². The predicted molar refractivity (Wildman–Crippen MR) is 102 cm³/mol. The van der Waals surface area contributed by atoms with E-state index in [4.69, 9.17) is 9.47 Å². The van der Waals surface area contributed by atoms with Gasteiger partial charge in [-0.3, -0.25) is 4.79 Å². The second-order valence-electron chi connectivity index (χ2n) is 5.78. The van der Waals surface area contributed by atoms with Gasteiger partial charge in [-0.05, 0) is 50.1 Å². The third kappa shape index (κ3) is 5.77. The summed E-state index contributed by atoms with van der Waals surface area (Å²) in [7, 11) is 0. The smallest absolute Gasteiger partial charge is 0.331 e. The van der Waals surface area contributed by atoms with Crippen LogP contribution in [0.2, 0.25) is 0 Å². The second-order valence-corrected chi connectivity index (χ2v) is 5.78. The SMILES string of the molecule is CCOc1ccccc1/C=C/C(=O)OCC(=O)Nc1cc(C)ccc1C. The van der Waals surface area contributed by atoms with Crippen molar-refractivity contribution in [1.29, 1.82) is 0 Å². The van der Waals surface area contributed by atoms with E-state index >= 15 is 0 Å². The van der Waals surface area contributed by atoms with Gasteiger partial charge >= 0.3 is 5.97 Å². The number of hydrogen-bond acceptors (Lipinski definition) is 4. The molecule has 0 atom stereocenters. The molecule has 0 radical (unpaired) electrons. The number of nitrogens with one attached hydrogen (secondary N) is 1. The fraction of sp³-hybridized carbons (Fsp3) is 0.238. The van der Waals surface area contributed by atoms with Crippen molar-refractivity contribution in [1.82, 2.24) is 0 Å². The number of para-hydroxylation sites is 1. The quantitative estimate of drug-likeness (QED) is 0.606. The van der Waals surface area contributed by atoms with Gasteiger partial charge in [-0.25, -0.2) is 4.79 Å². The lowest BCUT2D eigenvalue weighted by Gasteiger charge is -2.09. The van der Waals surface area contributed by atoms with E-state index < -0.39 is 5.97 Å². The third-order valence-corrected chi connectivity index (χ3v) is 3.63. The lowest BCUT2D eigenvalue weighted by atomic mass is 10.1. The first kappa shape index (κ1) is 19.2. The molecule has 0 aliphatic rings. The van der Waals surface area contributed by atoms with Gasteiger partial charge in [0.25, 0.3) is 5.91 Å². The van der Waals surface area contributed by atoms with Crippen LogP contribution in [0.25, 0.3) is 6.08 Å². The van der Waals surface area contributed by atoms with Crippen molar-refractivity contribution in [3.63, 3.8) is 0 Å². The number of hydrogen-bond donors (Lipinski definition) is 1. The molecule has 0 bridgehead atoms. The van der Waals surface area contributed by atoms with Gasteiger partial charge in [-0.1, -0.05) is 30.3 Å². The molecule has 2 aromatic carbocycles. The van der Waals surface area contributed by atoms with Gasteiger partial charge < -0.3 is 14.8 Å². The van der Waals surface area contributed by atoms with Crippen LogP contribution in [0.4, 0.5) is 5.69 Å². The molecule has 1 amide bonds. The summed E-state index contributed by atoms with van der Waals surface area (Å²) in [5, 5.41) is 2.75. The molecule has 1 N–H and O–H groups in total. The normalized spacial score (nSPS) is 10.6. The number of benzene rings is 2. The molecule has 0 unspecified atom stereocenters. The van der Waals surface area contributed by atoms with Crippen molar-refractivity contribution in [3.05, 3.63) is 65.2 Å². The molecular formula is C21H23NO4. The Kier molecular flexibility index (Phi) is 6.97. The van der Waals surface area contributed by atoms with Crippen LogP contribution in [0.5, 0.6) is 5.75 Å². The molecule has 2 aromatic rings.